The van der Waals surface area contributed by atoms with Gasteiger partial charge in [0.2, 0.25) is 0 Å². The summed E-state index contributed by atoms with van der Waals surface area (Å²) < 4.78 is 2.91. The van der Waals surface area contributed by atoms with Gasteiger partial charge in [0.05, 0.1) is 17.1 Å². The van der Waals surface area contributed by atoms with Crippen molar-refractivity contribution < 1.29 is 0 Å². The molecule has 0 saturated carbocycles. The van der Waals surface area contributed by atoms with Crippen LogP contribution < -0.4 is 0 Å². The molecule has 3 aromatic carbocycles. The number of nitrogens with zero attached hydrogens (tertiary/aromatic N) is 2. The standard InChI is InChI=1S/C21H13BrCl2N2/c22-18-3-1-2-4-20(18)26-21(15-7-11-17(24)12-8-15)13-19(25-26)14-5-9-16(23)10-6-14/h1-13H. The molecule has 4 aromatic rings. The van der Waals surface area contributed by atoms with E-state index in [1.165, 1.54) is 0 Å². The van der Waals surface area contributed by atoms with Gasteiger partial charge >= 0.3 is 0 Å². The third-order valence-electron chi connectivity index (χ3n) is 4.07. The fourth-order valence-electron chi connectivity index (χ4n) is 2.78. The van der Waals surface area contributed by atoms with Crippen LogP contribution in [0, 0.1) is 0 Å². The predicted octanol–water partition coefficient (Wildman–Crippen LogP) is 7.28. The van der Waals surface area contributed by atoms with E-state index in [-0.39, 0.29) is 0 Å². The lowest BCUT2D eigenvalue weighted by molar-refractivity contribution is 0.887. The van der Waals surface area contributed by atoms with Crippen molar-refractivity contribution in [3.63, 3.8) is 0 Å². The van der Waals surface area contributed by atoms with Crippen LogP contribution in [0.4, 0.5) is 0 Å². The highest BCUT2D eigenvalue weighted by Gasteiger charge is 2.14. The molecular weight excluding hydrogens is 431 g/mol. The van der Waals surface area contributed by atoms with Crippen molar-refractivity contribution >= 4 is 39.1 Å². The molecule has 1 heterocycles. The second-order valence-electron chi connectivity index (χ2n) is 5.79. The lowest BCUT2D eigenvalue weighted by Crippen LogP contribution is -2.00. The van der Waals surface area contributed by atoms with Crippen molar-refractivity contribution in [1.82, 2.24) is 9.78 Å². The normalized spacial score (nSPS) is 10.9. The van der Waals surface area contributed by atoms with Crippen LogP contribution in [0.15, 0.2) is 83.3 Å². The molecule has 0 aliphatic rings. The minimum atomic E-state index is 0.705. The summed E-state index contributed by atoms with van der Waals surface area (Å²) in [5.41, 5.74) is 4.88. The van der Waals surface area contributed by atoms with Crippen LogP contribution in [-0.4, -0.2) is 9.78 Å². The van der Waals surface area contributed by atoms with Gasteiger partial charge in [-0.2, -0.15) is 5.10 Å². The summed E-state index contributed by atoms with van der Waals surface area (Å²) in [5, 5.41) is 6.26. The van der Waals surface area contributed by atoms with Gasteiger partial charge < -0.3 is 0 Å². The van der Waals surface area contributed by atoms with Crippen molar-refractivity contribution in [2.75, 3.05) is 0 Å². The molecule has 0 aliphatic carbocycles. The zero-order valence-electron chi connectivity index (χ0n) is 13.5. The van der Waals surface area contributed by atoms with Gasteiger partial charge in [-0.1, -0.05) is 59.6 Å². The maximum atomic E-state index is 6.05. The van der Waals surface area contributed by atoms with Crippen molar-refractivity contribution in [3.05, 3.63) is 93.4 Å². The Hall–Kier alpha value is -2.07. The van der Waals surface area contributed by atoms with Crippen molar-refractivity contribution in [2.45, 2.75) is 0 Å². The van der Waals surface area contributed by atoms with Crippen LogP contribution in [0.5, 0.6) is 0 Å². The van der Waals surface area contributed by atoms with E-state index >= 15 is 0 Å². The average molecular weight is 444 g/mol. The fraction of sp³-hybridized carbons (Fsp3) is 0. The Balaban J connectivity index is 1.92. The van der Waals surface area contributed by atoms with Gasteiger partial charge in [-0.3, -0.25) is 0 Å². The van der Waals surface area contributed by atoms with Crippen LogP contribution in [0.3, 0.4) is 0 Å². The summed E-state index contributed by atoms with van der Waals surface area (Å²) in [6, 6.07) is 25.5. The number of para-hydroxylation sites is 1. The Labute approximate surface area is 170 Å². The highest BCUT2D eigenvalue weighted by Crippen LogP contribution is 2.32. The van der Waals surface area contributed by atoms with Crippen LogP contribution in [-0.2, 0) is 0 Å². The molecule has 0 spiro atoms. The first-order chi connectivity index (χ1) is 12.6. The zero-order valence-corrected chi connectivity index (χ0v) is 16.6. The lowest BCUT2D eigenvalue weighted by atomic mass is 10.1. The average Bonchev–Trinajstić information content (AvgIpc) is 3.08. The highest BCUT2D eigenvalue weighted by atomic mass is 79.9. The van der Waals surface area contributed by atoms with Gasteiger partial charge in [0.25, 0.3) is 0 Å². The molecule has 4 rings (SSSR count). The first-order valence-electron chi connectivity index (χ1n) is 7.99. The number of halogens is 3. The van der Waals surface area contributed by atoms with Gasteiger partial charge in [-0.15, -0.1) is 0 Å². The Kier molecular flexibility index (Phi) is 4.86. The Morgan fingerprint density at radius 3 is 1.92 bits per heavy atom. The van der Waals surface area contributed by atoms with E-state index in [0.29, 0.717) is 10.0 Å². The van der Waals surface area contributed by atoms with Crippen LogP contribution in [0.1, 0.15) is 0 Å². The second-order valence-corrected chi connectivity index (χ2v) is 7.52. The summed E-state index contributed by atoms with van der Waals surface area (Å²) >= 11 is 15.7. The molecule has 128 valence electrons. The lowest BCUT2D eigenvalue weighted by Gasteiger charge is -2.09. The van der Waals surface area contributed by atoms with Gasteiger partial charge in [-0.25, -0.2) is 4.68 Å². The van der Waals surface area contributed by atoms with Gasteiger partial charge in [-0.05, 0) is 58.4 Å². The van der Waals surface area contributed by atoms with Crippen molar-refractivity contribution in [1.29, 1.82) is 0 Å². The molecule has 1 aromatic heterocycles. The van der Waals surface area contributed by atoms with Gasteiger partial charge in [0, 0.05) is 25.6 Å². The smallest absolute Gasteiger partial charge is 0.0934 e. The van der Waals surface area contributed by atoms with Gasteiger partial charge in [0.15, 0.2) is 0 Å². The maximum absolute atomic E-state index is 6.05. The third kappa shape index (κ3) is 3.43. The quantitative estimate of drug-likeness (QED) is 0.325. The molecule has 5 heteroatoms. The predicted molar refractivity (Wildman–Crippen MR) is 112 cm³/mol. The van der Waals surface area contributed by atoms with Gasteiger partial charge in [0.1, 0.15) is 0 Å². The molecule has 26 heavy (non-hydrogen) atoms. The summed E-state index contributed by atoms with van der Waals surface area (Å²) in [6.45, 7) is 0. The van der Waals surface area contributed by atoms with Crippen molar-refractivity contribution in [2.24, 2.45) is 0 Å². The van der Waals surface area contributed by atoms with E-state index in [2.05, 4.69) is 22.0 Å². The molecule has 0 saturated heterocycles. The molecule has 0 atom stereocenters. The summed E-state index contributed by atoms with van der Waals surface area (Å²) in [6.07, 6.45) is 0. The summed E-state index contributed by atoms with van der Waals surface area (Å²) in [7, 11) is 0. The van der Waals surface area contributed by atoms with E-state index in [0.717, 1.165) is 32.7 Å². The number of aromatic nitrogens is 2. The Morgan fingerprint density at radius 1 is 0.731 bits per heavy atom. The maximum Gasteiger partial charge on any atom is 0.0934 e. The Bertz CT molecular complexity index is 1050. The minimum absolute atomic E-state index is 0.705. The van der Waals surface area contributed by atoms with Crippen LogP contribution in [0.25, 0.3) is 28.2 Å². The second kappa shape index (κ2) is 7.28. The highest BCUT2D eigenvalue weighted by molar-refractivity contribution is 9.10. The molecule has 0 bridgehead atoms. The number of hydrogen-bond donors (Lipinski definition) is 0. The molecule has 0 fully saturated rings. The van der Waals surface area contributed by atoms with E-state index in [1.54, 1.807) is 0 Å². The number of benzene rings is 3. The number of hydrogen-bond acceptors (Lipinski definition) is 1. The fourth-order valence-corrected chi connectivity index (χ4v) is 3.48. The monoisotopic (exact) mass is 442 g/mol. The minimum Gasteiger partial charge on any atom is -0.231 e. The van der Waals surface area contributed by atoms with E-state index in [4.69, 9.17) is 28.3 Å². The third-order valence-corrected chi connectivity index (χ3v) is 5.24. The Morgan fingerprint density at radius 2 is 1.31 bits per heavy atom. The van der Waals surface area contributed by atoms with E-state index in [1.807, 2.05) is 77.5 Å². The van der Waals surface area contributed by atoms with Crippen molar-refractivity contribution in [3.8, 4) is 28.2 Å². The number of rotatable bonds is 3. The molecule has 2 nitrogen and oxygen atoms in total. The van der Waals surface area contributed by atoms with E-state index < -0.39 is 0 Å². The molecule has 0 amide bonds. The molecule has 0 N–H and O–H groups in total. The topological polar surface area (TPSA) is 17.8 Å². The zero-order chi connectivity index (χ0) is 18.1. The molecule has 0 aliphatic heterocycles. The molecule has 0 radical (unpaired) electrons. The first-order valence-corrected chi connectivity index (χ1v) is 9.53. The first kappa shape index (κ1) is 17.3. The molecular formula is C21H13BrCl2N2. The van der Waals surface area contributed by atoms with E-state index in [9.17, 15) is 0 Å². The summed E-state index contributed by atoms with van der Waals surface area (Å²) in [4.78, 5) is 0. The SMILES string of the molecule is Clc1ccc(-c2cc(-c3ccc(Cl)cc3)n(-c3ccccc3Br)n2)cc1. The molecule has 0 unspecified atom stereocenters. The summed E-state index contributed by atoms with van der Waals surface area (Å²) in [5.74, 6) is 0. The van der Waals surface area contributed by atoms with Crippen LogP contribution in [0.2, 0.25) is 10.0 Å². The largest absolute Gasteiger partial charge is 0.231 e. The van der Waals surface area contributed by atoms with Crippen LogP contribution >= 0.6 is 39.1 Å².